The highest BCUT2D eigenvalue weighted by Crippen LogP contribution is 2.49. The minimum Gasteiger partial charge on any atom is -0.495 e. The first kappa shape index (κ1) is 12.5. The Bertz CT molecular complexity index is 723. The van der Waals surface area contributed by atoms with E-state index < -0.39 is 0 Å². The molecule has 2 nitrogen and oxygen atoms in total. The molecule has 3 rings (SSSR count). The van der Waals surface area contributed by atoms with Gasteiger partial charge in [-0.25, -0.2) is 0 Å². The van der Waals surface area contributed by atoms with Crippen molar-refractivity contribution in [3.63, 3.8) is 0 Å². The van der Waals surface area contributed by atoms with E-state index in [0.717, 1.165) is 31.7 Å². The third kappa shape index (κ3) is 1.83. The average Bonchev–Trinajstić information content (AvgIpc) is 2.92. The summed E-state index contributed by atoms with van der Waals surface area (Å²) in [6.45, 7) is 7.88. The van der Waals surface area contributed by atoms with E-state index in [2.05, 4.69) is 32.6 Å². The van der Waals surface area contributed by atoms with Crippen LogP contribution >= 0.6 is 22.7 Å². The van der Waals surface area contributed by atoms with Gasteiger partial charge < -0.3 is 9.47 Å². The molecule has 0 fully saturated rings. The van der Waals surface area contributed by atoms with Gasteiger partial charge in [-0.2, -0.15) is 0 Å². The summed E-state index contributed by atoms with van der Waals surface area (Å²) in [5, 5.41) is 2.23. The summed E-state index contributed by atoms with van der Waals surface area (Å²) in [6.07, 6.45) is 1.49. The van der Waals surface area contributed by atoms with E-state index in [4.69, 9.17) is 9.47 Å². The Kier molecular flexibility index (Phi) is 2.99. The van der Waals surface area contributed by atoms with Crippen molar-refractivity contribution in [2.45, 2.75) is 13.8 Å². The molecule has 4 heteroatoms. The third-order valence-corrected chi connectivity index (χ3v) is 5.12. The molecule has 19 heavy (non-hydrogen) atoms. The predicted molar refractivity (Wildman–Crippen MR) is 84.1 cm³/mol. The van der Waals surface area contributed by atoms with Crippen LogP contribution in [0.4, 0.5) is 0 Å². The molecule has 0 spiro atoms. The summed E-state index contributed by atoms with van der Waals surface area (Å²) in [7, 11) is 1.73. The van der Waals surface area contributed by atoms with Crippen molar-refractivity contribution in [2.75, 3.05) is 7.11 Å². The van der Waals surface area contributed by atoms with Crippen molar-refractivity contribution in [3.05, 3.63) is 34.7 Å². The van der Waals surface area contributed by atoms with Crippen LogP contribution in [0.25, 0.3) is 20.2 Å². The van der Waals surface area contributed by atoms with E-state index in [9.17, 15) is 0 Å². The largest absolute Gasteiger partial charge is 0.495 e. The Balaban J connectivity index is 2.54. The standard InChI is InChI=1S/C15H14O2S2/c1-5-17-13-11-7-9(3)18-14(11)12(16-4)10-6-8(2)19-15(10)13/h5-7H,1H2,2-4H3. The van der Waals surface area contributed by atoms with Crippen LogP contribution in [0.3, 0.4) is 0 Å². The molecule has 2 heterocycles. The summed E-state index contributed by atoms with van der Waals surface area (Å²) in [5.74, 6) is 1.84. The lowest BCUT2D eigenvalue weighted by molar-refractivity contribution is 0.425. The van der Waals surface area contributed by atoms with Gasteiger partial charge in [0.2, 0.25) is 0 Å². The first-order valence-electron chi connectivity index (χ1n) is 5.93. The van der Waals surface area contributed by atoms with E-state index in [1.807, 2.05) is 0 Å². The van der Waals surface area contributed by atoms with Gasteiger partial charge in [0.25, 0.3) is 0 Å². The summed E-state index contributed by atoms with van der Waals surface area (Å²) >= 11 is 3.46. The molecule has 98 valence electrons. The molecular weight excluding hydrogens is 276 g/mol. The van der Waals surface area contributed by atoms with Crippen LogP contribution in [0.1, 0.15) is 9.75 Å². The second-order valence-corrected chi connectivity index (χ2v) is 6.86. The van der Waals surface area contributed by atoms with Crippen molar-refractivity contribution >= 4 is 42.8 Å². The number of hydrogen-bond donors (Lipinski definition) is 0. The van der Waals surface area contributed by atoms with Crippen LogP contribution in [-0.2, 0) is 0 Å². The predicted octanol–water partition coefficient (Wildman–Crippen LogP) is 5.26. The van der Waals surface area contributed by atoms with Crippen LogP contribution in [0.15, 0.2) is 25.0 Å². The Morgan fingerprint density at radius 3 is 2.05 bits per heavy atom. The SMILES string of the molecule is C=COc1c2cc(C)sc2c(OC)c2cc(C)sc12. The molecular formula is C15H14O2S2. The van der Waals surface area contributed by atoms with Crippen LogP contribution in [-0.4, -0.2) is 7.11 Å². The van der Waals surface area contributed by atoms with E-state index in [1.165, 1.54) is 16.0 Å². The first-order valence-corrected chi connectivity index (χ1v) is 7.56. The Hall–Kier alpha value is -1.52. The molecule has 3 aromatic rings. The van der Waals surface area contributed by atoms with Crippen molar-refractivity contribution in [3.8, 4) is 11.5 Å². The topological polar surface area (TPSA) is 18.5 Å². The highest BCUT2D eigenvalue weighted by molar-refractivity contribution is 7.21. The van der Waals surface area contributed by atoms with Crippen molar-refractivity contribution in [1.29, 1.82) is 0 Å². The molecule has 0 saturated carbocycles. The van der Waals surface area contributed by atoms with Crippen LogP contribution < -0.4 is 9.47 Å². The zero-order valence-electron chi connectivity index (χ0n) is 11.1. The highest BCUT2D eigenvalue weighted by Gasteiger charge is 2.19. The average molecular weight is 290 g/mol. The lowest BCUT2D eigenvalue weighted by Gasteiger charge is -2.08. The lowest BCUT2D eigenvalue weighted by Crippen LogP contribution is -1.87. The van der Waals surface area contributed by atoms with Gasteiger partial charge in [-0.1, -0.05) is 6.58 Å². The highest BCUT2D eigenvalue weighted by atomic mass is 32.1. The van der Waals surface area contributed by atoms with E-state index in [0.29, 0.717) is 0 Å². The Labute approximate surface area is 119 Å². The van der Waals surface area contributed by atoms with Crippen LogP contribution in [0.2, 0.25) is 0 Å². The van der Waals surface area contributed by atoms with E-state index in [1.54, 1.807) is 29.8 Å². The number of methoxy groups -OCH3 is 1. The first-order chi connectivity index (χ1) is 9.15. The maximum Gasteiger partial charge on any atom is 0.153 e. The van der Waals surface area contributed by atoms with Gasteiger partial charge in [0.1, 0.15) is 5.75 Å². The molecule has 0 amide bonds. The number of fused-ring (bicyclic) bond motifs is 2. The van der Waals surface area contributed by atoms with Crippen molar-refractivity contribution in [2.24, 2.45) is 0 Å². The molecule has 0 aliphatic heterocycles. The van der Waals surface area contributed by atoms with Gasteiger partial charge in [0, 0.05) is 20.5 Å². The van der Waals surface area contributed by atoms with Gasteiger partial charge >= 0.3 is 0 Å². The van der Waals surface area contributed by atoms with Crippen molar-refractivity contribution in [1.82, 2.24) is 0 Å². The molecule has 0 atom stereocenters. The number of rotatable bonds is 3. The quantitative estimate of drug-likeness (QED) is 0.612. The van der Waals surface area contributed by atoms with Gasteiger partial charge in [-0.3, -0.25) is 0 Å². The molecule has 1 aromatic carbocycles. The minimum atomic E-state index is 0.892. The van der Waals surface area contributed by atoms with Gasteiger partial charge in [-0.05, 0) is 26.0 Å². The zero-order valence-corrected chi connectivity index (χ0v) is 12.7. The second kappa shape index (κ2) is 4.54. The smallest absolute Gasteiger partial charge is 0.153 e. The summed E-state index contributed by atoms with van der Waals surface area (Å²) in [4.78, 5) is 2.49. The minimum absolute atomic E-state index is 0.892. The Morgan fingerprint density at radius 2 is 1.53 bits per heavy atom. The fraction of sp³-hybridized carbons (Fsp3) is 0.200. The molecule has 0 aliphatic carbocycles. The third-order valence-electron chi connectivity index (χ3n) is 3.02. The zero-order chi connectivity index (χ0) is 13.6. The number of hydrogen-bond acceptors (Lipinski definition) is 4. The molecule has 0 bridgehead atoms. The van der Waals surface area contributed by atoms with Crippen LogP contribution in [0.5, 0.6) is 11.5 Å². The fourth-order valence-corrected chi connectivity index (χ4v) is 4.41. The lowest BCUT2D eigenvalue weighted by atomic mass is 10.1. The molecule has 0 saturated heterocycles. The maximum absolute atomic E-state index is 5.68. The van der Waals surface area contributed by atoms with Gasteiger partial charge in [-0.15, -0.1) is 22.7 Å². The summed E-state index contributed by atoms with van der Waals surface area (Å²) in [6, 6.07) is 4.30. The van der Waals surface area contributed by atoms with Gasteiger partial charge in [0.15, 0.2) is 5.75 Å². The number of ether oxygens (including phenoxy) is 2. The summed E-state index contributed by atoms with van der Waals surface area (Å²) in [5.41, 5.74) is 0. The van der Waals surface area contributed by atoms with E-state index >= 15 is 0 Å². The van der Waals surface area contributed by atoms with E-state index in [-0.39, 0.29) is 0 Å². The number of benzene rings is 1. The molecule has 0 unspecified atom stereocenters. The van der Waals surface area contributed by atoms with Crippen LogP contribution in [0, 0.1) is 13.8 Å². The summed E-state index contributed by atoms with van der Waals surface area (Å²) < 4.78 is 13.6. The molecule has 0 aliphatic rings. The molecule has 0 N–H and O–H groups in total. The number of aryl methyl sites for hydroxylation is 2. The van der Waals surface area contributed by atoms with Gasteiger partial charge in [0.05, 0.1) is 22.8 Å². The van der Waals surface area contributed by atoms with Crippen molar-refractivity contribution < 1.29 is 9.47 Å². The second-order valence-electron chi connectivity index (χ2n) is 4.35. The number of thiophene rings is 2. The normalized spacial score (nSPS) is 11.1. The fourth-order valence-electron chi connectivity index (χ4n) is 2.35. The molecule has 0 radical (unpaired) electrons. The monoisotopic (exact) mass is 290 g/mol. The molecule has 2 aromatic heterocycles. The maximum atomic E-state index is 5.68. The Morgan fingerprint density at radius 1 is 1.00 bits per heavy atom.